The number of aromatic nitrogens is 4. The lowest BCUT2D eigenvalue weighted by atomic mass is 10.0. The van der Waals surface area contributed by atoms with Crippen LogP contribution in [0.4, 0.5) is 0 Å². The number of nitrogens with zero attached hydrogens (tertiary/aromatic N) is 5. The Morgan fingerprint density at radius 3 is 2.60 bits per heavy atom. The van der Waals surface area contributed by atoms with Crippen molar-refractivity contribution in [3.05, 3.63) is 88.6 Å². The first-order valence-electron chi connectivity index (χ1n) is 11.3. The van der Waals surface area contributed by atoms with Gasteiger partial charge in [-0.05, 0) is 41.8 Å². The first-order valence-corrected chi connectivity index (χ1v) is 12.3. The Balaban J connectivity index is 1.58. The Morgan fingerprint density at radius 1 is 1.06 bits per heavy atom. The summed E-state index contributed by atoms with van der Waals surface area (Å²) in [5, 5.41) is 9.89. The van der Waals surface area contributed by atoms with Gasteiger partial charge < -0.3 is 9.32 Å². The van der Waals surface area contributed by atoms with Gasteiger partial charge in [0.2, 0.25) is 11.7 Å². The van der Waals surface area contributed by atoms with Gasteiger partial charge in [-0.2, -0.15) is 0 Å². The number of rotatable bonds is 7. The van der Waals surface area contributed by atoms with E-state index in [4.69, 9.17) is 4.42 Å². The number of hydrogen-bond donors (Lipinski definition) is 0. The topological polar surface area (TPSA) is 85.6 Å². The van der Waals surface area contributed by atoms with Crippen molar-refractivity contribution >= 4 is 34.3 Å². The minimum atomic E-state index is -0.153. The third kappa shape index (κ3) is 4.23. The van der Waals surface area contributed by atoms with Gasteiger partial charge in [-0.1, -0.05) is 55.9 Å². The van der Waals surface area contributed by atoms with Crippen LogP contribution in [0.15, 0.2) is 81.3 Å². The van der Waals surface area contributed by atoms with E-state index in [1.807, 2.05) is 59.0 Å². The Bertz CT molecular complexity index is 1570. The van der Waals surface area contributed by atoms with Crippen molar-refractivity contribution in [2.45, 2.75) is 31.5 Å². The molecule has 0 atom stereocenters. The fourth-order valence-electron chi connectivity index (χ4n) is 4.13. The van der Waals surface area contributed by atoms with Crippen LogP contribution in [-0.2, 0) is 11.3 Å². The molecule has 2 aromatic carbocycles. The van der Waals surface area contributed by atoms with Gasteiger partial charge in [0, 0.05) is 7.05 Å². The number of para-hydroxylation sites is 2. The molecule has 0 spiro atoms. The van der Waals surface area contributed by atoms with Crippen molar-refractivity contribution in [2.24, 2.45) is 0 Å². The van der Waals surface area contributed by atoms with E-state index >= 15 is 0 Å². The predicted octanol–water partition coefficient (Wildman–Crippen LogP) is 4.50. The van der Waals surface area contributed by atoms with Crippen LogP contribution in [0.2, 0.25) is 0 Å². The summed E-state index contributed by atoms with van der Waals surface area (Å²) in [7, 11) is 1.74. The fraction of sp³-hybridized carbons (Fsp3) is 0.231. The zero-order valence-electron chi connectivity index (χ0n) is 19.7. The highest BCUT2D eigenvalue weighted by Crippen LogP contribution is 2.27. The van der Waals surface area contributed by atoms with Gasteiger partial charge in [-0.3, -0.25) is 14.0 Å². The maximum Gasteiger partial charge on any atom is 0.267 e. The van der Waals surface area contributed by atoms with Crippen LogP contribution in [0.3, 0.4) is 0 Å². The van der Waals surface area contributed by atoms with Crippen molar-refractivity contribution in [1.82, 2.24) is 24.1 Å². The van der Waals surface area contributed by atoms with Crippen molar-refractivity contribution in [1.29, 1.82) is 0 Å². The highest BCUT2D eigenvalue weighted by atomic mass is 32.2. The molecule has 1 amide bonds. The summed E-state index contributed by atoms with van der Waals surface area (Å²) in [6.07, 6.45) is 1.59. The molecule has 178 valence electrons. The second kappa shape index (κ2) is 9.42. The molecule has 0 radical (unpaired) electrons. The lowest BCUT2D eigenvalue weighted by molar-refractivity contribution is -0.127. The predicted molar refractivity (Wildman–Crippen MR) is 136 cm³/mol. The van der Waals surface area contributed by atoms with Gasteiger partial charge >= 0.3 is 0 Å². The maximum atomic E-state index is 13.6. The van der Waals surface area contributed by atoms with Crippen LogP contribution in [0, 0.1) is 0 Å². The number of benzene rings is 2. The van der Waals surface area contributed by atoms with Gasteiger partial charge in [0.15, 0.2) is 5.16 Å². The minimum absolute atomic E-state index is 0.0640. The van der Waals surface area contributed by atoms with Gasteiger partial charge in [0.1, 0.15) is 5.76 Å². The molecule has 3 heterocycles. The van der Waals surface area contributed by atoms with E-state index in [2.05, 4.69) is 24.0 Å². The molecule has 8 nitrogen and oxygen atoms in total. The van der Waals surface area contributed by atoms with E-state index in [1.54, 1.807) is 28.8 Å². The molecular formula is C26H25N5O3S. The molecule has 0 N–H and O–H groups in total. The van der Waals surface area contributed by atoms with Crippen LogP contribution in [0.5, 0.6) is 0 Å². The highest BCUT2D eigenvalue weighted by molar-refractivity contribution is 7.99. The third-order valence-electron chi connectivity index (χ3n) is 5.92. The van der Waals surface area contributed by atoms with E-state index in [0.717, 1.165) is 17.0 Å². The van der Waals surface area contributed by atoms with E-state index in [9.17, 15) is 9.59 Å². The zero-order valence-corrected chi connectivity index (χ0v) is 20.5. The minimum Gasteiger partial charge on any atom is -0.467 e. The fourth-order valence-corrected chi connectivity index (χ4v) is 5.01. The second-order valence-electron chi connectivity index (χ2n) is 8.61. The standard InChI is InChI=1S/C26H25N5O3S/c1-17(2)19-10-4-6-12-21(19)30-24(33)20-11-5-7-13-22(20)31-25(30)27-28-26(31)35-16-23(32)29(3)15-18-9-8-14-34-18/h4-14,17H,15-16H2,1-3H3. The number of amides is 1. The summed E-state index contributed by atoms with van der Waals surface area (Å²) in [6.45, 7) is 4.58. The van der Waals surface area contributed by atoms with Gasteiger partial charge in [-0.15, -0.1) is 10.2 Å². The quantitative estimate of drug-likeness (QED) is 0.314. The van der Waals surface area contributed by atoms with Crippen LogP contribution < -0.4 is 5.56 Å². The van der Waals surface area contributed by atoms with Crippen molar-refractivity contribution < 1.29 is 9.21 Å². The zero-order chi connectivity index (χ0) is 24.5. The van der Waals surface area contributed by atoms with Gasteiger partial charge in [-0.25, -0.2) is 4.57 Å². The number of hydrogen-bond acceptors (Lipinski definition) is 6. The summed E-state index contributed by atoms with van der Waals surface area (Å²) in [4.78, 5) is 28.0. The van der Waals surface area contributed by atoms with E-state index in [-0.39, 0.29) is 23.1 Å². The lowest BCUT2D eigenvalue weighted by Gasteiger charge is -2.17. The van der Waals surface area contributed by atoms with Crippen molar-refractivity contribution in [3.8, 4) is 5.69 Å². The van der Waals surface area contributed by atoms with E-state index in [0.29, 0.717) is 28.4 Å². The monoisotopic (exact) mass is 487 g/mol. The van der Waals surface area contributed by atoms with Crippen LogP contribution in [0.1, 0.15) is 31.1 Å². The summed E-state index contributed by atoms with van der Waals surface area (Å²) < 4.78 is 8.83. The molecule has 0 saturated carbocycles. The maximum absolute atomic E-state index is 13.6. The SMILES string of the molecule is CC(C)c1ccccc1-n1c(=O)c2ccccc2n2c(SCC(=O)N(C)Cc3ccco3)nnc12. The molecule has 0 aliphatic rings. The molecule has 0 unspecified atom stereocenters. The largest absolute Gasteiger partial charge is 0.467 e. The lowest BCUT2D eigenvalue weighted by Crippen LogP contribution is -2.27. The average Bonchev–Trinajstić information content (AvgIpc) is 3.53. The molecule has 35 heavy (non-hydrogen) atoms. The Morgan fingerprint density at radius 2 is 1.83 bits per heavy atom. The Labute approximate surface area is 206 Å². The summed E-state index contributed by atoms with van der Waals surface area (Å²) in [5.41, 5.74) is 2.37. The normalized spacial score (nSPS) is 11.5. The number of fused-ring (bicyclic) bond motifs is 3. The first kappa shape index (κ1) is 22.9. The smallest absolute Gasteiger partial charge is 0.267 e. The number of thioether (sulfide) groups is 1. The summed E-state index contributed by atoms with van der Waals surface area (Å²) >= 11 is 1.29. The number of carbonyl (C=O) groups excluding carboxylic acids is 1. The molecule has 0 aliphatic heterocycles. The number of furan rings is 1. The molecule has 5 aromatic rings. The molecule has 5 rings (SSSR count). The molecule has 0 aliphatic carbocycles. The first-order chi connectivity index (χ1) is 17.0. The Hall–Kier alpha value is -3.85. The summed E-state index contributed by atoms with van der Waals surface area (Å²) in [6, 6.07) is 18.9. The molecule has 0 fully saturated rings. The van der Waals surface area contributed by atoms with Gasteiger partial charge in [0.25, 0.3) is 5.56 Å². The number of carbonyl (C=O) groups is 1. The molecule has 3 aromatic heterocycles. The van der Waals surface area contributed by atoms with Crippen LogP contribution in [0.25, 0.3) is 22.4 Å². The highest BCUT2D eigenvalue weighted by Gasteiger charge is 2.21. The summed E-state index contributed by atoms with van der Waals surface area (Å²) in [5.74, 6) is 1.46. The molecule has 9 heteroatoms. The van der Waals surface area contributed by atoms with Crippen LogP contribution >= 0.6 is 11.8 Å². The molecular weight excluding hydrogens is 462 g/mol. The molecule has 0 bridgehead atoms. The third-order valence-corrected chi connectivity index (χ3v) is 6.83. The average molecular weight is 488 g/mol. The van der Waals surface area contributed by atoms with Crippen molar-refractivity contribution in [2.75, 3.05) is 12.8 Å². The van der Waals surface area contributed by atoms with E-state index < -0.39 is 0 Å². The Kier molecular flexibility index (Phi) is 6.17. The second-order valence-corrected chi connectivity index (χ2v) is 9.55. The van der Waals surface area contributed by atoms with Crippen LogP contribution in [-0.4, -0.2) is 42.8 Å². The van der Waals surface area contributed by atoms with Crippen molar-refractivity contribution in [3.63, 3.8) is 0 Å². The molecule has 0 saturated heterocycles. The van der Waals surface area contributed by atoms with E-state index in [1.165, 1.54) is 11.8 Å². The van der Waals surface area contributed by atoms with Gasteiger partial charge in [0.05, 0.1) is 35.2 Å².